The molecule has 17 heteroatoms. The zero-order valence-corrected chi connectivity index (χ0v) is 15.4. The van der Waals surface area contributed by atoms with Gasteiger partial charge >= 0.3 is 45.3 Å². The number of hydrogen-bond acceptors (Lipinski definition) is 6. The van der Waals surface area contributed by atoms with E-state index in [4.69, 9.17) is 4.55 Å². The molecule has 0 aliphatic carbocycles. The van der Waals surface area contributed by atoms with Crippen LogP contribution in [-0.4, -0.2) is 60.9 Å². The van der Waals surface area contributed by atoms with Gasteiger partial charge < -0.3 is 9.47 Å². The van der Waals surface area contributed by atoms with Crippen LogP contribution >= 0.6 is 0 Å². The Balaban J connectivity index is 5.59. The Labute approximate surface area is 162 Å². The van der Waals surface area contributed by atoms with E-state index in [9.17, 15) is 57.5 Å². The quantitative estimate of drug-likeness (QED) is 0.220. The van der Waals surface area contributed by atoms with Crippen LogP contribution < -0.4 is 0 Å². The molecule has 0 spiro atoms. The maximum atomic E-state index is 13.3. The maximum Gasteiger partial charge on any atom is 0.465 e. The lowest BCUT2D eigenvalue weighted by Gasteiger charge is -2.29. The first-order valence-electron chi connectivity index (χ1n) is 7.29. The second-order valence-electron chi connectivity index (χ2n) is 5.71. The van der Waals surface area contributed by atoms with Crippen LogP contribution in [0.2, 0.25) is 0 Å². The van der Waals surface area contributed by atoms with Crippen molar-refractivity contribution in [1.29, 1.82) is 0 Å². The van der Waals surface area contributed by atoms with E-state index in [1.165, 1.54) is 0 Å². The van der Waals surface area contributed by atoms with E-state index >= 15 is 0 Å². The fraction of sp³-hybridized carbons (Fsp3) is 0.692. The van der Waals surface area contributed by atoms with Crippen LogP contribution in [0.15, 0.2) is 12.2 Å². The topological polar surface area (TPSA) is 107 Å². The van der Waals surface area contributed by atoms with Crippen molar-refractivity contribution in [2.75, 3.05) is 6.61 Å². The van der Waals surface area contributed by atoms with E-state index in [1.807, 2.05) is 0 Å². The summed E-state index contributed by atoms with van der Waals surface area (Å²) < 4.78 is 152. The molecule has 30 heavy (non-hydrogen) atoms. The molecule has 0 saturated heterocycles. The van der Waals surface area contributed by atoms with E-state index in [1.54, 1.807) is 0 Å². The minimum Gasteiger partial charge on any atom is -0.458 e. The van der Waals surface area contributed by atoms with Crippen LogP contribution in [0.1, 0.15) is 19.8 Å². The van der Waals surface area contributed by atoms with Gasteiger partial charge in [0.25, 0.3) is 0 Å². The largest absolute Gasteiger partial charge is 0.465 e. The first-order chi connectivity index (χ1) is 13.1. The predicted octanol–water partition coefficient (Wildman–Crippen LogP) is 3.11. The minimum atomic E-state index is -6.70. The monoisotopic (exact) mass is 484 g/mol. The van der Waals surface area contributed by atoms with Crippen molar-refractivity contribution in [2.45, 2.75) is 49.1 Å². The summed E-state index contributed by atoms with van der Waals surface area (Å²) in [6, 6.07) is 0. The third-order valence-electron chi connectivity index (χ3n) is 3.18. The molecular weight excluding hydrogens is 471 g/mol. The Hall–Kier alpha value is -2.04. The van der Waals surface area contributed by atoms with Crippen LogP contribution in [0.3, 0.4) is 0 Å². The van der Waals surface area contributed by atoms with E-state index in [-0.39, 0.29) is 5.57 Å². The first-order valence-corrected chi connectivity index (χ1v) is 8.73. The number of halogens is 9. The molecule has 0 aromatic heterocycles. The summed E-state index contributed by atoms with van der Waals surface area (Å²) in [5.41, 5.74) is -0.364. The Bertz CT molecular complexity index is 774. The second-order valence-corrected chi connectivity index (χ2v) is 7.18. The van der Waals surface area contributed by atoms with Crippen LogP contribution in [0.5, 0.6) is 0 Å². The maximum absolute atomic E-state index is 13.3. The smallest absolute Gasteiger partial charge is 0.458 e. The SMILES string of the molecule is C=C(C)C(=O)OCC(CCC(F)(F)C(F)(F)C(F)(F)F)OC(=O)C(F)(F)S(=O)(=O)O. The van der Waals surface area contributed by atoms with Gasteiger partial charge in [-0.1, -0.05) is 6.58 Å². The van der Waals surface area contributed by atoms with Crippen molar-refractivity contribution in [3.8, 4) is 0 Å². The normalized spacial score (nSPS) is 14.8. The van der Waals surface area contributed by atoms with Gasteiger partial charge in [-0.25, -0.2) is 9.59 Å². The van der Waals surface area contributed by atoms with Crippen molar-refractivity contribution in [3.05, 3.63) is 12.2 Å². The van der Waals surface area contributed by atoms with Gasteiger partial charge in [0.05, 0.1) is 0 Å². The van der Waals surface area contributed by atoms with Crippen LogP contribution in [0.4, 0.5) is 39.5 Å². The Morgan fingerprint density at radius 3 is 1.87 bits per heavy atom. The summed E-state index contributed by atoms with van der Waals surface area (Å²) in [7, 11) is -6.42. The van der Waals surface area contributed by atoms with Crippen molar-refractivity contribution >= 4 is 22.1 Å². The lowest BCUT2D eigenvalue weighted by Crippen LogP contribution is -2.52. The molecular formula is C13H13F9O7S. The molecule has 176 valence electrons. The van der Waals surface area contributed by atoms with Gasteiger partial charge in [0.1, 0.15) is 12.7 Å². The highest BCUT2D eigenvalue weighted by molar-refractivity contribution is 7.87. The highest BCUT2D eigenvalue weighted by Gasteiger charge is 2.72. The summed E-state index contributed by atoms with van der Waals surface area (Å²) >= 11 is 0. The molecule has 1 unspecified atom stereocenters. The Kier molecular flexibility index (Phi) is 8.38. The van der Waals surface area contributed by atoms with Crippen LogP contribution in [0.25, 0.3) is 0 Å². The molecule has 1 atom stereocenters. The highest BCUT2D eigenvalue weighted by Crippen LogP contribution is 2.48. The lowest BCUT2D eigenvalue weighted by atomic mass is 10.0. The number of esters is 2. The molecule has 0 aliphatic rings. The molecule has 0 rings (SSSR count). The molecule has 7 nitrogen and oxygen atoms in total. The highest BCUT2D eigenvalue weighted by atomic mass is 32.2. The molecule has 0 amide bonds. The number of rotatable bonds is 10. The molecule has 0 saturated carbocycles. The summed E-state index contributed by atoms with van der Waals surface area (Å²) in [6.45, 7) is 2.66. The average molecular weight is 484 g/mol. The second kappa shape index (κ2) is 8.99. The van der Waals surface area contributed by atoms with Gasteiger partial charge in [0.2, 0.25) is 0 Å². The summed E-state index contributed by atoms with van der Waals surface area (Å²) in [5, 5.41) is -5.65. The number of carbonyl (C=O) groups is 2. The summed E-state index contributed by atoms with van der Waals surface area (Å²) in [4.78, 5) is 22.4. The van der Waals surface area contributed by atoms with Gasteiger partial charge in [-0.15, -0.1) is 0 Å². The van der Waals surface area contributed by atoms with Crippen LogP contribution in [0, 0.1) is 0 Å². The van der Waals surface area contributed by atoms with Gasteiger partial charge in [-0.2, -0.15) is 47.9 Å². The number of alkyl halides is 9. The van der Waals surface area contributed by atoms with E-state index in [0.29, 0.717) is 0 Å². The minimum absolute atomic E-state index is 0.364. The first kappa shape index (κ1) is 28.0. The number of hydrogen-bond donors (Lipinski definition) is 1. The van der Waals surface area contributed by atoms with Gasteiger partial charge in [-0.3, -0.25) is 4.55 Å². The zero-order chi connectivity index (χ0) is 24.3. The summed E-state index contributed by atoms with van der Waals surface area (Å²) in [5.74, 6) is -16.8. The van der Waals surface area contributed by atoms with Gasteiger partial charge in [-0.05, 0) is 13.3 Å². The van der Waals surface area contributed by atoms with Crippen molar-refractivity contribution < 1.29 is 71.5 Å². The number of ether oxygens (including phenoxy) is 2. The standard InChI is InChI=1S/C13H13F9O7S/c1-6(2)8(23)28-5-7(29-9(24)11(16,17)30(25,26)27)3-4-10(14,15)12(18,19)13(20,21)22/h7H,1,3-5H2,2H3,(H,25,26,27). The van der Waals surface area contributed by atoms with Crippen LogP contribution in [-0.2, 0) is 29.2 Å². The zero-order valence-electron chi connectivity index (χ0n) is 14.6. The van der Waals surface area contributed by atoms with E-state index in [2.05, 4.69) is 16.1 Å². The summed E-state index contributed by atoms with van der Waals surface area (Å²) in [6.07, 6.45) is -13.4. The molecule has 0 fully saturated rings. The Morgan fingerprint density at radius 1 is 1.03 bits per heavy atom. The van der Waals surface area contributed by atoms with Gasteiger partial charge in [0, 0.05) is 12.0 Å². The molecule has 0 aromatic rings. The third-order valence-corrected chi connectivity index (χ3v) is 3.99. The van der Waals surface area contributed by atoms with E-state index in [0.717, 1.165) is 6.92 Å². The molecule has 0 radical (unpaired) electrons. The van der Waals surface area contributed by atoms with Gasteiger partial charge in [0.15, 0.2) is 0 Å². The molecule has 0 heterocycles. The molecule has 0 aromatic carbocycles. The fourth-order valence-electron chi connectivity index (χ4n) is 1.50. The third kappa shape index (κ3) is 6.48. The fourth-order valence-corrected chi connectivity index (χ4v) is 1.76. The average Bonchev–Trinajstić information content (AvgIpc) is 2.54. The molecule has 0 aliphatic heterocycles. The number of carbonyl (C=O) groups excluding carboxylic acids is 2. The van der Waals surface area contributed by atoms with Crippen molar-refractivity contribution in [2.24, 2.45) is 0 Å². The Morgan fingerprint density at radius 2 is 1.50 bits per heavy atom. The molecule has 1 N–H and O–H groups in total. The van der Waals surface area contributed by atoms with Crippen molar-refractivity contribution in [3.63, 3.8) is 0 Å². The molecule has 0 bridgehead atoms. The van der Waals surface area contributed by atoms with Crippen molar-refractivity contribution in [1.82, 2.24) is 0 Å². The lowest BCUT2D eigenvalue weighted by molar-refractivity contribution is -0.356. The van der Waals surface area contributed by atoms with E-state index < -0.39 is 70.9 Å². The predicted molar refractivity (Wildman–Crippen MR) is 77.3 cm³/mol.